The second-order valence-electron chi connectivity index (χ2n) is 15.2. The molecule has 57 heavy (non-hydrogen) atoms. The lowest BCUT2D eigenvalue weighted by molar-refractivity contribution is -0.889. The van der Waals surface area contributed by atoms with Crippen LogP contribution in [0.3, 0.4) is 0 Å². The highest BCUT2D eigenvalue weighted by Crippen LogP contribution is 2.10. The molecule has 0 aromatic heterocycles. The van der Waals surface area contributed by atoms with Crippen molar-refractivity contribution in [2.75, 3.05) is 41.0 Å². The highest BCUT2D eigenvalue weighted by molar-refractivity contribution is 5.70. The lowest BCUT2D eigenvalue weighted by Crippen LogP contribution is -2.55. The summed E-state index contributed by atoms with van der Waals surface area (Å²) in [7, 11) is 5.35. The number of quaternary nitrogens is 1. The molecule has 0 fully saturated rings. The Labute approximate surface area is 347 Å². The molecule has 0 aromatic carbocycles. The number of nitrogens with zero attached hydrogens (tertiary/aromatic N) is 1. The Hall–Kier alpha value is -3.75. The van der Waals surface area contributed by atoms with Crippen LogP contribution in [0.15, 0.2) is 97.2 Å². The molecule has 8 heteroatoms. The molecule has 0 radical (unpaired) electrons. The summed E-state index contributed by atoms with van der Waals surface area (Å²) in [6.07, 6.45) is 51.7. The highest BCUT2D eigenvalue weighted by Gasteiger charge is 2.25. The van der Waals surface area contributed by atoms with E-state index < -0.39 is 24.1 Å². The Balaban J connectivity index is 4.58. The van der Waals surface area contributed by atoms with Crippen molar-refractivity contribution in [2.24, 2.45) is 0 Å². The lowest BCUT2D eigenvalue weighted by Gasteiger charge is -2.34. The molecular formula is C49H79NO7. The van der Waals surface area contributed by atoms with Crippen molar-refractivity contribution in [1.29, 1.82) is 0 Å². The van der Waals surface area contributed by atoms with E-state index in [-0.39, 0.29) is 49.5 Å². The zero-order chi connectivity index (χ0) is 42.1. The van der Waals surface area contributed by atoms with Gasteiger partial charge >= 0.3 is 11.9 Å². The van der Waals surface area contributed by atoms with Crippen LogP contribution < -0.4 is 5.11 Å². The van der Waals surface area contributed by atoms with Gasteiger partial charge in [-0.05, 0) is 77.0 Å². The number of allylic oxidation sites excluding steroid dienone is 16. The van der Waals surface area contributed by atoms with Crippen LogP contribution in [0.1, 0.15) is 142 Å². The van der Waals surface area contributed by atoms with Crippen LogP contribution in [-0.4, -0.2) is 75.5 Å². The van der Waals surface area contributed by atoms with Gasteiger partial charge in [0, 0.05) is 19.3 Å². The van der Waals surface area contributed by atoms with Gasteiger partial charge in [0.05, 0.1) is 40.3 Å². The van der Waals surface area contributed by atoms with Gasteiger partial charge in [-0.3, -0.25) is 9.59 Å². The van der Waals surface area contributed by atoms with Crippen molar-refractivity contribution < 1.29 is 38.2 Å². The second-order valence-corrected chi connectivity index (χ2v) is 15.2. The van der Waals surface area contributed by atoms with E-state index in [1.54, 1.807) is 21.1 Å². The van der Waals surface area contributed by atoms with Gasteiger partial charge in [-0.1, -0.05) is 143 Å². The number of carboxylic acid groups (broad SMARTS) is 1. The quantitative estimate of drug-likeness (QED) is 0.0267. The number of carboxylic acids is 1. The first-order chi connectivity index (χ1) is 27.6. The summed E-state index contributed by atoms with van der Waals surface area (Å²) >= 11 is 0. The summed E-state index contributed by atoms with van der Waals surface area (Å²) in [4.78, 5) is 36.8. The van der Waals surface area contributed by atoms with Gasteiger partial charge in [-0.2, -0.15) is 0 Å². The van der Waals surface area contributed by atoms with Crippen molar-refractivity contribution in [1.82, 2.24) is 0 Å². The molecule has 0 spiro atoms. The fraction of sp³-hybridized carbons (Fsp3) is 0.612. The van der Waals surface area contributed by atoms with E-state index in [1.807, 2.05) is 12.2 Å². The van der Waals surface area contributed by atoms with Crippen LogP contribution >= 0.6 is 0 Å². The van der Waals surface area contributed by atoms with Crippen LogP contribution in [0.25, 0.3) is 0 Å². The summed E-state index contributed by atoms with van der Waals surface area (Å²) in [6.45, 7) is 4.38. The largest absolute Gasteiger partial charge is 0.544 e. The normalized spacial score (nSPS) is 13.9. The number of unbranched alkanes of at least 4 members (excludes halogenated alkanes) is 7. The molecule has 8 nitrogen and oxygen atoms in total. The molecule has 0 saturated heterocycles. The summed E-state index contributed by atoms with van der Waals surface area (Å²) in [5.41, 5.74) is 0. The number of rotatable bonds is 37. The molecule has 0 heterocycles. The first-order valence-electron chi connectivity index (χ1n) is 21.8. The lowest BCUT2D eigenvalue weighted by atomic mass is 10.1. The highest BCUT2D eigenvalue weighted by atomic mass is 16.6. The van der Waals surface area contributed by atoms with E-state index >= 15 is 0 Å². The third kappa shape index (κ3) is 37.6. The van der Waals surface area contributed by atoms with Gasteiger partial charge in [0.1, 0.15) is 12.6 Å². The van der Waals surface area contributed by atoms with E-state index in [4.69, 9.17) is 14.2 Å². The Morgan fingerprint density at radius 2 is 1.02 bits per heavy atom. The molecule has 2 atom stereocenters. The van der Waals surface area contributed by atoms with E-state index in [2.05, 4.69) is 98.9 Å². The van der Waals surface area contributed by atoms with Crippen molar-refractivity contribution in [3.63, 3.8) is 0 Å². The fourth-order valence-corrected chi connectivity index (χ4v) is 5.60. The molecule has 0 amide bonds. The maximum absolute atomic E-state index is 12.7. The van der Waals surface area contributed by atoms with E-state index in [1.165, 1.54) is 38.5 Å². The number of carbonyl (C=O) groups excluding carboxylic acids is 3. The van der Waals surface area contributed by atoms with Gasteiger partial charge in [-0.25, -0.2) is 0 Å². The number of ether oxygens (including phenoxy) is 3. The number of hydrogen-bond acceptors (Lipinski definition) is 7. The zero-order valence-electron chi connectivity index (χ0n) is 36.5. The third-order valence-electron chi connectivity index (χ3n) is 8.97. The van der Waals surface area contributed by atoms with Gasteiger partial charge in [0.2, 0.25) is 0 Å². The third-order valence-corrected chi connectivity index (χ3v) is 8.97. The number of aliphatic carboxylic acids is 1. The van der Waals surface area contributed by atoms with Crippen LogP contribution in [0, 0.1) is 0 Å². The van der Waals surface area contributed by atoms with E-state index in [0.29, 0.717) is 12.8 Å². The molecule has 0 N–H and O–H groups in total. The number of hydrogen-bond donors (Lipinski definition) is 0. The summed E-state index contributed by atoms with van der Waals surface area (Å²) in [5.74, 6) is -1.92. The van der Waals surface area contributed by atoms with Crippen LogP contribution in [0.4, 0.5) is 0 Å². The molecule has 0 aromatic rings. The molecule has 0 rings (SSSR count). The van der Waals surface area contributed by atoms with Gasteiger partial charge in [0.15, 0.2) is 6.10 Å². The second kappa shape index (κ2) is 39.1. The van der Waals surface area contributed by atoms with Gasteiger partial charge in [-0.15, -0.1) is 0 Å². The maximum Gasteiger partial charge on any atom is 0.306 e. The minimum absolute atomic E-state index is 0.00876. The molecule has 2 unspecified atom stereocenters. The van der Waals surface area contributed by atoms with Gasteiger partial charge in [0.25, 0.3) is 0 Å². The van der Waals surface area contributed by atoms with Crippen molar-refractivity contribution >= 4 is 17.9 Å². The Morgan fingerprint density at radius 3 is 1.53 bits per heavy atom. The number of esters is 2. The van der Waals surface area contributed by atoms with Crippen molar-refractivity contribution in [2.45, 2.75) is 154 Å². The van der Waals surface area contributed by atoms with Crippen LogP contribution in [0.5, 0.6) is 0 Å². The minimum Gasteiger partial charge on any atom is -0.544 e. The first kappa shape index (κ1) is 53.2. The monoisotopic (exact) mass is 794 g/mol. The first-order valence-corrected chi connectivity index (χ1v) is 21.8. The molecule has 0 aliphatic carbocycles. The predicted octanol–water partition coefficient (Wildman–Crippen LogP) is 10.6. The molecule has 0 bridgehead atoms. The molecule has 322 valence electrons. The predicted molar refractivity (Wildman–Crippen MR) is 235 cm³/mol. The average molecular weight is 794 g/mol. The zero-order valence-corrected chi connectivity index (χ0v) is 36.5. The van der Waals surface area contributed by atoms with Crippen molar-refractivity contribution in [3.05, 3.63) is 97.2 Å². The molecule has 0 aliphatic heterocycles. The Kier molecular flexibility index (Phi) is 36.5. The Morgan fingerprint density at radius 1 is 0.544 bits per heavy atom. The molecular weight excluding hydrogens is 715 g/mol. The van der Waals surface area contributed by atoms with Crippen LogP contribution in [-0.2, 0) is 28.6 Å². The topological polar surface area (TPSA) is 102 Å². The fourth-order valence-electron chi connectivity index (χ4n) is 5.60. The standard InChI is InChI=1S/C49H79NO7/c1-6-8-10-12-14-16-18-20-22-24-26-28-30-32-34-36-38-40-48(52)57-45(43-55-42-41-46(49(53)54)50(3,4)5)44-56-47(51)39-37-35-33-31-29-27-25-23-21-19-17-15-13-11-9-7-2/h9,11,15,17,20-23,26-29,32-35,45-46H,6-8,10,12-14,16,18-19,24-25,30-31,36-44H2,1-5H3/b11-9+,17-15+,22-20+,23-21+,28-26+,29-27+,34-32+,35-33+. The maximum atomic E-state index is 12.7. The SMILES string of the molecule is CC/C=C/C/C=C/C/C=C/C/C=C/C/C=C/CCC(=O)OCC(COCCC(C(=O)[O-])[N+](C)(C)C)OC(=O)CCC/C=C/C/C=C/C/C=C/CCCCCCCC. The molecule has 0 aliphatic rings. The minimum atomic E-state index is -1.15. The van der Waals surface area contributed by atoms with E-state index in [9.17, 15) is 19.5 Å². The average Bonchev–Trinajstić information content (AvgIpc) is 3.17. The summed E-state index contributed by atoms with van der Waals surface area (Å²) in [5, 5.41) is 11.6. The summed E-state index contributed by atoms with van der Waals surface area (Å²) in [6, 6.07) is -0.750. The smallest absolute Gasteiger partial charge is 0.306 e. The number of likely N-dealkylation sites (N-methyl/N-ethyl adjacent to an activating group) is 1. The van der Waals surface area contributed by atoms with E-state index in [0.717, 1.165) is 57.8 Å². The summed E-state index contributed by atoms with van der Waals surface area (Å²) < 4.78 is 17.0. The van der Waals surface area contributed by atoms with Crippen LogP contribution in [0.2, 0.25) is 0 Å². The Bertz CT molecular complexity index is 1250. The van der Waals surface area contributed by atoms with Crippen molar-refractivity contribution in [3.8, 4) is 0 Å². The number of carbonyl (C=O) groups is 3. The molecule has 0 saturated carbocycles. The van der Waals surface area contributed by atoms with Gasteiger partial charge < -0.3 is 28.6 Å².